The van der Waals surface area contributed by atoms with E-state index in [1.54, 1.807) is 36.4 Å². The van der Waals surface area contributed by atoms with Gasteiger partial charge in [-0.3, -0.25) is 9.59 Å². The molecule has 0 aliphatic heterocycles. The molecule has 2 N–H and O–H groups in total. The minimum atomic E-state index is -0.448. The Morgan fingerprint density at radius 3 is 2.38 bits per heavy atom. The summed E-state index contributed by atoms with van der Waals surface area (Å²) >= 11 is 6.03. The fraction of sp³-hybridized carbons (Fsp3) is 0.0526. The largest absolute Gasteiger partial charge is 0.347 e. The zero-order valence-electron chi connectivity index (χ0n) is 13.0. The maximum atomic E-state index is 12.4. The lowest BCUT2D eigenvalue weighted by molar-refractivity contribution is -0.117. The molecule has 2 aromatic carbocycles. The number of hydrogen-bond donors (Lipinski definition) is 2. The van der Waals surface area contributed by atoms with Crippen molar-refractivity contribution in [1.29, 1.82) is 0 Å². The van der Waals surface area contributed by atoms with Crippen molar-refractivity contribution in [3.05, 3.63) is 89.1 Å². The first-order valence-electron chi connectivity index (χ1n) is 7.33. The quantitative estimate of drug-likeness (QED) is 0.625. The number of amides is 2. The van der Waals surface area contributed by atoms with Gasteiger partial charge in [0.15, 0.2) is 0 Å². The second kappa shape index (κ2) is 8.70. The van der Waals surface area contributed by atoms with E-state index in [-0.39, 0.29) is 5.70 Å². The molecule has 4 nitrogen and oxygen atoms in total. The second-order valence-corrected chi connectivity index (χ2v) is 5.31. The molecule has 0 fully saturated rings. The zero-order chi connectivity index (χ0) is 17.4. The van der Waals surface area contributed by atoms with Gasteiger partial charge in [0.25, 0.3) is 11.8 Å². The van der Waals surface area contributed by atoms with Gasteiger partial charge in [0.2, 0.25) is 0 Å². The van der Waals surface area contributed by atoms with Gasteiger partial charge < -0.3 is 10.6 Å². The smallest absolute Gasteiger partial charge is 0.268 e. The molecule has 2 aromatic rings. The summed E-state index contributed by atoms with van der Waals surface area (Å²) in [5, 5.41) is 5.59. The van der Waals surface area contributed by atoms with Crippen molar-refractivity contribution in [2.24, 2.45) is 0 Å². The van der Waals surface area contributed by atoms with Crippen LogP contribution in [0.4, 0.5) is 0 Å². The summed E-state index contributed by atoms with van der Waals surface area (Å²) in [6.07, 6.45) is 3.17. The molecule has 2 rings (SSSR count). The van der Waals surface area contributed by atoms with Crippen LogP contribution in [0, 0.1) is 0 Å². The van der Waals surface area contributed by atoms with Gasteiger partial charge in [0.05, 0.1) is 10.6 Å². The summed E-state index contributed by atoms with van der Waals surface area (Å²) in [6.45, 7) is 3.86. The third kappa shape index (κ3) is 4.83. The molecule has 0 saturated carbocycles. The third-order valence-corrected chi connectivity index (χ3v) is 3.46. The average molecular weight is 341 g/mol. The van der Waals surface area contributed by atoms with E-state index >= 15 is 0 Å². The highest BCUT2D eigenvalue weighted by Gasteiger charge is 2.15. The molecule has 24 heavy (non-hydrogen) atoms. The van der Waals surface area contributed by atoms with Crippen LogP contribution in [0.1, 0.15) is 15.9 Å². The lowest BCUT2D eigenvalue weighted by Crippen LogP contribution is -2.35. The van der Waals surface area contributed by atoms with Gasteiger partial charge in [-0.15, -0.1) is 6.58 Å². The van der Waals surface area contributed by atoms with Crippen LogP contribution in [0.2, 0.25) is 5.02 Å². The van der Waals surface area contributed by atoms with Gasteiger partial charge in [-0.2, -0.15) is 0 Å². The highest BCUT2D eigenvalue weighted by molar-refractivity contribution is 6.34. The average Bonchev–Trinajstić information content (AvgIpc) is 2.60. The topological polar surface area (TPSA) is 58.2 Å². The van der Waals surface area contributed by atoms with Gasteiger partial charge in [0, 0.05) is 6.54 Å². The van der Waals surface area contributed by atoms with Gasteiger partial charge in [0.1, 0.15) is 5.70 Å². The van der Waals surface area contributed by atoms with Crippen molar-refractivity contribution in [1.82, 2.24) is 10.6 Å². The Balaban J connectivity index is 2.27. The molecule has 0 heterocycles. The molecule has 0 radical (unpaired) electrons. The third-order valence-electron chi connectivity index (χ3n) is 3.13. The Morgan fingerprint density at radius 2 is 1.71 bits per heavy atom. The first-order chi connectivity index (χ1) is 11.6. The Bertz CT molecular complexity index is 770. The number of benzene rings is 2. The second-order valence-electron chi connectivity index (χ2n) is 4.90. The number of carbonyl (C=O) groups excluding carboxylic acids is 2. The van der Waals surface area contributed by atoms with Crippen LogP contribution >= 0.6 is 11.6 Å². The van der Waals surface area contributed by atoms with E-state index in [0.29, 0.717) is 17.1 Å². The molecule has 0 aliphatic rings. The molecule has 0 aromatic heterocycles. The summed E-state index contributed by atoms with van der Waals surface area (Å²) in [5.41, 5.74) is 1.23. The number of nitrogens with one attached hydrogen (secondary N) is 2. The van der Waals surface area contributed by atoms with Crippen LogP contribution in [-0.2, 0) is 4.79 Å². The van der Waals surface area contributed by atoms with E-state index in [0.717, 1.165) is 5.56 Å². The fourth-order valence-electron chi connectivity index (χ4n) is 1.97. The van der Waals surface area contributed by atoms with Crippen LogP contribution in [-0.4, -0.2) is 18.4 Å². The molecule has 0 saturated heterocycles. The zero-order valence-corrected chi connectivity index (χ0v) is 13.7. The monoisotopic (exact) mass is 340 g/mol. The molecular formula is C19H17ClN2O2. The van der Waals surface area contributed by atoms with Gasteiger partial charge in [-0.1, -0.05) is 60.1 Å². The van der Waals surface area contributed by atoms with Crippen molar-refractivity contribution in [3.8, 4) is 0 Å². The molecule has 0 spiro atoms. The predicted molar refractivity (Wildman–Crippen MR) is 96.5 cm³/mol. The minimum absolute atomic E-state index is 0.132. The lowest BCUT2D eigenvalue weighted by atomic mass is 10.1. The van der Waals surface area contributed by atoms with Crippen LogP contribution < -0.4 is 10.6 Å². The highest BCUT2D eigenvalue weighted by Crippen LogP contribution is 2.15. The Morgan fingerprint density at radius 1 is 1.04 bits per heavy atom. The predicted octanol–water partition coefficient (Wildman–Crippen LogP) is 3.41. The molecule has 0 aliphatic carbocycles. The first kappa shape index (κ1) is 17.5. The van der Waals surface area contributed by atoms with E-state index in [1.807, 2.05) is 30.3 Å². The number of hydrogen-bond acceptors (Lipinski definition) is 2. The van der Waals surface area contributed by atoms with Gasteiger partial charge in [-0.05, 0) is 23.8 Å². The van der Waals surface area contributed by atoms with E-state index in [9.17, 15) is 9.59 Å². The molecule has 0 bridgehead atoms. The minimum Gasteiger partial charge on any atom is -0.347 e. The summed E-state index contributed by atoms with van der Waals surface area (Å²) in [6, 6.07) is 15.9. The van der Waals surface area contributed by atoms with Crippen molar-refractivity contribution in [2.75, 3.05) is 6.54 Å². The summed E-state index contributed by atoms with van der Waals surface area (Å²) in [4.78, 5) is 24.7. The summed E-state index contributed by atoms with van der Waals surface area (Å²) in [7, 11) is 0. The normalized spacial score (nSPS) is 10.8. The Hall–Kier alpha value is -2.85. The van der Waals surface area contributed by atoms with Crippen LogP contribution in [0.3, 0.4) is 0 Å². The number of rotatable bonds is 6. The van der Waals surface area contributed by atoms with Crippen LogP contribution in [0.15, 0.2) is 72.9 Å². The van der Waals surface area contributed by atoms with E-state index in [4.69, 9.17) is 11.6 Å². The van der Waals surface area contributed by atoms with Crippen molar-refractivity contribution in [2.45, 2.75) is 0 Å². The Labute approximate surface area is 145 Å². The molecule has 0 unspecified atom stereocenters. The molecular weight excluding hydrogens is 324 g/mol. The molecule has 0 atom stereocenters. The fourth-order valence-corrected chi connectivity index (χ4v) is 2.19. The SMILES string of the molecule is C=CCNC(=O)/C(=C\c1ccccc1)NC(=O)c1ccccc1Cl. The lowest BCUT2D eigenvalue weighted by Gasteiger charge is -2.11. The van der Waals surface area contributed by atoms with Crippen molar-refractivity contribution < 1.29 is 9.59 Å². The molecule has 5 heteroatoms. The molecule has 122 valence electrons. The van der Waals surface area contributed by atoms with Crippen LogP contribution in [0.25, 0.3) is 6.08 Å². The Kier molecular flexibility index (Phi) is 6.34. The summed E-state index contributed by atoms with van der Waals surface area (Å²) < 4.78 is 0. The first-order valence-corrected chi connectivity index (χ1v) is 7.71. The molecule has 2 amide bonds. The summed E-state index contributed by atoms with van der Waals surface area (Å²) in [5.74, 6) is -0.851. The highest BCUT2D eigenvalue weighted by atomic mass is 35.5. The van der Waals surface area contributed by atoms with E-state index in [1.165, 1.54) is 0 Å². The maximum Gasteiger partial charge on any atom is 0.268 e. The van der Waals surface area contributed by atoms with Crippen molar-refractivity contribution >= 4 is 29.5 Å². The van der Waals surface area contributed by atoms with E-state index < -0.39 is 11.8 Å². The maximum absolute atomic E-state index is 12.4. The van der Waals surface area contributed by atoms with E-state index in [2.05, 4.69) is 17.2 Å². The number of carbonyl (C=O) groups is 2. The van der Waals surface area contributed by atoms with Crippen LogP contribution in [0.5, 0.6) is 0 Å². The standard InChI is InChI=1S/C19H17ClN2O2/c1-2-12-21-19(24)17(13-14-8-4-3-5-9-14)22-18(23)15-10-6-7-11-16(15)20/h2-11,13H,1,12H2,(H,21,24)(H,22,23)/b17-13+. The van der Waals surface area contributed by atoms with Crippen molar-refractivity contribution in [3.63, 3.8) is 0 Å². The van der Waals surface area contributed by atoms with Gasteiger partial charge >= 0.3 is 0 Å². The van der Waals surface area contributed by atoms with Gasteiger partial charge in [-0.25, -0.2) is 0 Å². The number of halogens is 1.